The molecule has 1 rings (SSSR count). The van der Waals surface area contributed by atoms with Crippen LogP contribution < -0.4 is 11.1 Å². The lowest BCUT2D eigenvalue weighted by Crippen LogP contribution is -2.35. The monoisotopic (exact) mass is 222 g/mol. The van der Waals surface area contributed by atoms with Crippen LogP contribution in [0.3, 0.4) is 0 Å². The fraction of sp³-hybridized carbons (Fsp3) is 0.429. The van der Waals surface area contributed by atoms with E-state index in [1.807, 2.05) is 0 Å². The molecule has 0 bridgehead atoms. The van der Waals surface area contributed by atoms with Gasteiger partial charge in [0, 0.05) is 6.20 Å². The molecule has 5 nitrogen and oxygen atoms in total. The van der Waals surface area contributed by atoms with Crippen LogP contribution in [0, 0.1) is 0 Å². The van der Waals surface area contributed by atoms with Gasteiger partial charge in [0.05, 0.1) is 11.9 Å². The Balaban J connectivity index is 2.37. The predicted molar refractivity (Wildman–Crippen MR) is 45.7 cm³/mol. The fourth-order valence-electron chi connectivity index (χ4n) is 0.868. The van der Waals surface area contributed by atoms with Gasteiger partial charge in [0.2, 0.25) is 5.91 Å². The number of hydrogen-bond acceptors (Lipinski definition) is 3. The average Bonchev–Trinajstić information content (AvgIpc) is 2.47. The zero-order valence-corrected chi connectivity index (χ0v) is 7.58. The summed E-state index contributed by atoms with van der Waals surface area (Å²) in [5, 5.41) is 5.36. The second-order valence-electron chi connectivity index (χ2n) is 2.86. The molecule has 0 aromatic carbocycles. The van der Waals surface area contributed by atoms with Crippen LogP contribution in [0.15, 0.2) is 12.4 Å². The number of carbonyl (C=O) groups is 1. The summed E-state index contributed by atoms with van der Waals surface area (Å²) < 4.78 is 36.3. The van der Waals surface area contributed by atoms with Gasteiger partial charge in [-0.1, -0.05) is 0 Å². The molecule has 0 fully saturated rings. The maximum Gasteiger partial charge on any atom is 0.405 e. The molecular weight excluding hydrogens is 213 g/mol. The SMILES string of the molecule is Nc1cnn(CC(=O)NCC(F)(F)F)c1. The Hall–Kier alpha value is -1.73. The van der Waals surface area contributed by atoms with Gasteiger partial charge in [-0.2, -0.15) is 18.3 Å². The average molecular weight is 222 g/mol. The van der Waals surface area contributed by atoms with E-state index in [1.54, 1.807) is 5.32 Å². The first kappa shape index (κ1) is 11.3. The molecule has 1 heterocycles. The lowest BCUT2D eigenvalue weighted by atomic mass is 10.5. The van der Waals surface area contributed by atoms with Crippen molar-refractivity contribution in [1.29, 1.82) is 0 Å². The quantitative estimate of drug-likeness (QED) is 0.764. The third kappa shape index (κ3) is 4.34. The molecule has 8 heteroatoms. The minimum atomic E-state index is -4.40. The van der Waals surface area contributed by atoms with Gasteiger partial charge < -0.3 is 11.1 Å². The third-order valence-electron chi connectivity index (χ3n) is 1.44. The summed E-state index contributed by atoms with van der Waals surface area (Å²) in [6.45, 7) is -1.63. The molecule has 0 unspecified atom stereocenters. The highest BCUT2D eigenvalue weighted by Crippen LogP contribution is 2.12. The molecule has 15 heavy (non-hydrogen) atoms. The number of nitrogens with zero attached hydrogens (tertiary/aromatic N) is 2. The first-order valence-corrected chi connectivity index (χ1v) is 3.98. The number of nitrogens with two attached hydrogens (primary N) is 1. The van der Waals surface area contributed by atoms with Crippen LogP contribution in [0.1, 0.15) is 0 Å². The van der Waals surface area contributed by atoms with Crippen LogP contribution in [0.2, 0.25) is 0 Å². The molecular formula is C7H9F3N4O. The number of anilines is 1. The van der Waals surface area contributed by atoms with Crippen molar-refractivity contribution in [1.82, 2.24) is 15.1 Å². The Bertz CT molecular complexity index is 346. The van der Waals surface area contributed by atoms with E-state index >= 15 is 0 Å². The number of rotatable bonds is 3. The van der Waals surface area contributed by atoms with Crippen LogP contribution in [-0.4, -0.2) is 28.4 Å². The van der Waals surface area contributed by atoms with Gasteiger partial charge in [-0.25, -0.2) is 0 Å². The zero-order valence-electron chi connectivity index (χ0n) is 7.58. The molecule has 0 saturated heterocycles. The van der Waals surface area contributed by atoms with Crippen LogP contribution in [0.25, 0.3) is 0 Å². The van der Waals surface area contributed by atoms with Gasteiger partial charge in [-0.3, -0.25) is 9.48 Å². The molecule has 1 aromatic rings. The number of aromatic nitrogens is 2. The molecule has 0 aliphatic carbocycles. The topological polar surface area (TPSA) is 72.9 Å². The van der Waals surface area contributed by atoms with E-state index in [-0.39, 0.29) is 6.54 Å². The van der Waals surface area contributed by atoms with Crippen LogP contribution >= 0.6 is 0 Å². The number of alkyl halides is 3. The minimum absolute atomic E-state index is 0.284. The molecule has 0 atom stereocenters. The van der Waals surface area contributed by atoms with Crippen LogP contribution in [0.4, 0.5) is 18.9 Å². The molecule has 1 amide bonds. The van der Waals surface area contributed by atoms with Crippen molar-refractivity contribution >= 4 is 11.6 Å². The number of nitrogens with one attached hydrogen (secondary N) is 1. The summed E-state index contributed by atoms with van der Waals surface area (Å²) in [4.78, 5) is 11.0. The molecule has 1 aromatic heterocycles. The highest BCUT2D eigenvalue weighted by atomic mass is 19.4. The van der Waals surface area contributed by atoms with Crippen molar-refractivity contribution in [2.45, 2.75) is 12.7 Å². The maximum atomic E-state index is 11.7. The number of amides is 1. The lowest BCUT2D eigenvalue weighted by Gasteiger charge is -2.07. The van der Waals surface area contributed by atoms with Crippen molar-refractivity contribution in [3.05, 3.63) is 12.4 Å². The molecule has 0 radical (unpaired) electrons. The smallest absolute Gasteiger partial charge is 0.396 e. The zero-order chi connectivity index (χ0) is 11.5. The van der Waals surface area contributed by atoms with Gasteiger partial charge in [0.1, 0.15) is 13.1 Å². The summed E-state index contributed by atoms with van der Waals surface area (Å²) >= 11 is 0. The normalized spacial score (nSPS) is 11.4. The van der Waals surface area contributed by atoms with E-state index in [4.69, 9.17) is 5.73 Å². The largest absolute Gasteiger partial charge is 0.405 e. The molecule has 0 saturated carbocycles. The van der Waals surface area contributed by atoms with Gasteiger partial charge in [0.25, 0.3) is 0 Å². The van der Waals surface area contributed by atoms with Gasteiger partial charge in [-0.05, 0) is 0 Å². The molecule has 0 spiro atoms. The third-order valence-corrected chi connectivity index (χ3v) is 1.44. The van der Waals surface area contributed by atoms with Gasteiger partial charge in [0.15, 0.2) is 0 Å². The standard InChI is InChI=1S/C7H9F3N4O/c8-7(9,10)4-12-6(15)3-14-2-5(11)1-13-14/h1-2H,3-4,11H2,(H,12,15). The van der Waals surface area contributed by atoms with Crippen molar-refractivity contribution in [2.75, 3.05) is 12.3 Å². The Labute approximate surface area is 83.0 Å². The van der Waals surface area contributed by atoms with Crippen molar-refractivity contribution in [3.8, 4) is 0 Å². The van der Waals surface area contributed by atoms with Crippen LogP contribution in [-0.2, 0) is 11.3 Å². The van der Waals surface area contributed by atoms with Crippen molar-refractivity contribution < 1.29 is 18.0 Å². The highest BCUT2D eigenvalue weighted by molar-refractivity contribution is 5.75. The number of nitrogen functional groups attached to an aromatic ring is 1. The lowest BCUT2D eigenvalue weighted by molar-refractivity contribution is -0.138. The fourth-order valence-corrected chi connectivity index (χ4v) is 0.868. The molecule has 0 aliphatic heterocycles. The van der Waals surface area contributed by atoms with E-state index in [2.05, 4.69) is 5.10 Å². The number of halogens is 3. The van der Waals surface area contributed by atoms with Gasteiger partial charge >= 0.3 is 6.18 Å². The van der Waals surface area contributed by atoms with E-state index in [9.17, 15) is 18.0 Å². The summed E-state index contributed by atoms with van der Waals surface area (Å²) in [5.41, 5.74) is 5.65. The number of hydrogen-bond donors (Lipinski definition) is 2. The number of carbonyl (C=O) groups excluding carboxylic acids is 1. The summed E-state index contributed by atoms with van der Waals surface area (Å²) in [5.74, 6) is -0.768. The maximum absolute atomic E-state index is 11.7. The Morgan fingerprint density at radius 1 is 1.60 bits per heavy atom. The first-order valence-electron chi connectivity index (χ1n) is 3.98. The summed E-state index contributed by atoms with van der Waals surface area (Å²) in [7, 11) is 0. The summed E-state index contributed by atoms with van der Waals surface area (Å²) in [6, 6.07) is 0. The van der Waals surface area contributed by atoms with E-state index in [0.717, 1.165) is 4.68 Å². The minimum Gasteiger partial charge on any atom is -0.396 e. The van der Waals surface area contributed by atoms with E-state index in [0.29, 0.717) is 5.69 Å². The van der Waals surface area contributed by atoms with Crippen LogP contribution in [0.5, 0.6) is 0 Å². The van der Waals surface area contributed by atoms with E-state index < -0.39 is 18.6 Å². The van der Waals surface area contributed by atoms with Gasteiger partial charge in [-0.15, -0.1) is 0 Å². The Morgan fingerprint density at radius 3 is 2.73 bits per heavy atom. The Morgan fingerprint density at radius 2 is 2.27 bits per heavy atom. The summed E-state index contributed by atoms with van der Waals surface area (Å²) in [6.07, 6.45) is -1.75. The first-order chi connectivity index (χ1) is 6.87. The highest BCUT2D eigenvalue weighted by Gasteiger charge is 2.27. The predicted octanol–water partition coefficient (Wildman–Crippen LogP) is 0.144. The van der Waals surface area contributed by atoms with Crippen molar-refractivity contribution in [2.24, 2.45) is 0 Å². The molecule has 3 N–H and O–H groups in total. The van der Waals surface area contributed by atoms with E-state index in [1.165, 1.54) is 12.4 Å². The molecule has 84 valence electrons. The second kappa shape index (κ2) is 4.20. The second-order valence-corrected chi connectivity index (χ2v) is 2.86. The molecule has 0 aliphatic rings. The van der Waals surface area contributed by atoms with Crippen molar-refractivity contribution in [3.63, 3.8) is 0 Å². The Kier molecular flexibility index (Phi) is 3.17.